The van der Waals surface area contributed by atoms with Crippen LogP contribution < -0.4 is 10.2 Å². The van der Waals surface area contributed by atoms with Crippen LogP contribution in [0.15, 0.2) is 24.5 Å². The maximum Gasteiger partial charge on any atom is 0.230 e. The van der Waals surface area contributed by atoms with Gasteiger partial charge in [0.2, 0.25) is 11.9 Å². The van der Waals surface area contributed by atoms with Crippen molar-refractivity contribution in [2.75, 3.05) is 36.5 Å². The Balaban J connectivity index is 1.37. The Labute approximate surface area is 211 Å². The number of hydrogen-bond acceptors (Lipinski definition) is 7. The van der Waals surface area contributed by atoms with Crippen LogP contribution in [-0.4, -0.2) is 53.5 Å². The van der Waals surface area contributed by atoms with Gasteiger partial charge in [-0.1, -0.05) is 59.7 Å². The molecule has 2 saturated heterocycles. The highest BCUT2D eigenvalue weighted by Crippen LogP contribution is 2.30. The molecule has 35 heavy (non-hydrogen) atoms. The number of anilines is 2. The summed E-state index contributed by atoms with van der Waals surface area (Å²) in [6, 6.07) is 6.95. The van der Waals surface area contributed by atoms with Gasteiger partial charge in [0.15, 0.2) is 0 Å². The molecule has 0 bridgehead atoms. The van der Waals surface area contributed by atoms with E-state index in [2.05, 4.69) is 79.9 Å². The van der Waals surface area contributed by atoms with E-state index in [9.17, 15) is 0 Å². The zero-order valence-electron chi connectivity index (χ0n) is 22.4. The standard InChI is InChI=1S/C28H43N5O2/c1-27(2,3)21-15-20(16-22(17-21)28(4,5)6)18-29-25-30-19-31-26(32-25)33-11-7-23(8-12-33)35-24-9-13-34-14-10-24/h15-17,19,23-24H,7-14,18H2,1-6H3,(H,29,30,31,32). The second-order valence-corrected chi connectivity index (χ2v) is 12.0. The smallest absolute Gasteiger partial charge is 0.230 e. The Hall–Kier alpha value is -2.25. The second-order valence-electron chi connectivity index (χ2n) is 12.0. The molecule has 1 aromatic heterocycles. The molecular weight excluding hydrogens is 438 g/mol. The van der Waals surface area contributed by atoms with Gasteiger partial charge in [-0.25, -0.2) is 9.97 Å². The number of aromatic nitrogens is 3. The summed E-state index contributed by atoms with van der Waals surface area (Å²) in [6.07, 6.45) is 6.31. The third kappa shape index (κ3) is 7.14. The summed E-state index contributed by atoms with van der Waals surface area (Å²) >= 11 is 0. The SMILES string of the molecule is CC(C)(C)c1cc(CNc2ncnc(N3CCC(OC4CCOCC4)CC3)n2)cc(C(C)(C)C)c1. The summed E-state index contributed by atoms with van der Waals surface area (Å²) in [4.78, 5) is 15.8. The van der Waals surface area contributed by atoms with E-state index in [1.165, 1.54) is 16.7 Å². The monoisotopic (exact) mass is 481 g/mol. The summed E-state index contributed by atoms with van der Waals surface area (Å²) in [5, 5.41) is 3.44. The van der Waals surface area contributed by atoms with Crippen molar-refractivity contribution < 1.29 is 9.47 Å². The van der Waals surface area contributed by atoms with Gasteiger partial charge in [-0.05, 0) is 53.2 Å². The van der Waals surface area contributed by atoms with Crippen molar-refractivity contribution in [2.24, 2.45) is 0 Å². The lowest BCUT2D eigenvalue weighted by atomic mass is 9.79. The van der Waals surface area contributed by atoms with E-state index < -0.39 is 0 Å². The molecule has 0 saturated carbocycles. The number of benzene rings is 1. The highest BCUT2D eigenvalue weighted by atomic mass is 16.5. The van der Waals surface area contributed by atoms with Crippen molar-refractivity contribution in [1.29, 1.82) is 0 Å². The fraction of sp³-hybridized carbons (Fsp3) is 0.679. The van der Waals surface area contributed by atoms with Crippen LogP contribution in [0.5, 0.6) is 0 Å². The van der Waals surface area contributed by atoms with Crippen molar-refractivity contribution in [3.05, 3.63) is 41.2 Å². The van der Waals surface area contributed by atoms with Gasteiger partial charge in [0.25, 0.3) is 0 Å². The first-order valence-electron chi connectivity index (χ1n) is 13.1. The summed E-state index contributed by atoms with van der Waals surface area (Å²) in [5.74, 6) is 1.36. The molecule has 1 aromatic carbocycles. The van der Waals surface area contributed by atoms with E-state index in [0.717, 1.165) is 57.9 Å². The lowest BCUT2D eigenvalue weighted by molar-refractivity contribution is -0.0744. The number of hydrogen-bond donors (Lipinski definition) is 1. The number of piperidine rings is 1. The molecule has 2 aliphatic rings. The Bertz CT molecular complexity index is 936. The fourth-order valence-corrected chi connectivity index (χ4v) is 4.64. The molecule has 4 rings (SSSR count). The van der Waals surface area contributed by atoms with Crippen LogP contribution in [0.25, 0.3) is 0 Å². The van der Waals surface area contributed by atoms with Gasteiger partial charge in [0.1, 0.15) is 6.33 Å². The third-order valence-electron chi connectivity index (χ3n) is 7.01. The first-order valence-corrected chi connectivity index (χ1v) is 13.1. The molecule has 0 atom stereocenters. The largest absolute Gasteiger partial charge is 0.381 e. The zero-order chi connectivity index (χ0) is 25.1. The van der Waals surface area contributed by atoms with Gasteiger partial charge < -0.3 is 19.7 Å². The minimum atomic E-state index is 0.0942. The first-order chi connectivity index (χ1) is 16.6. The molecule has 2 aromatic rings. The van der Waals surface area contributed by atoms with Gasteiger partial charge in [-0.15, -0.1) is 0 Å². The number of nitrogens with zero attached hydrogens (tertiary/aromatic N) is 4. The zero-order valence-corrected chi connectivity index (χ0v) is 22.4. The Morgan fingerprint density at radius 2 is 1.49 bits per heavy atom. The number of nitrogens with one attached hydrogen (secondary N) is 1. The fourth-order valence-electron chi connectivity index (χ4n) is 4.64. The molecule has 192 valence electrons. The molecule has 1 N–H and O–H groups in total. The van der Waals surface area contributed by atoms with Crippen molar-refractivity contribution in [3.63, 3.8) is 0 Å². The second kappa shape index (κ2) is 10.8. The van der Waals surface area contributed by atoms with E-state index in [1.807, 2.05) is 0 Å². The third-order valence-corrected chi connectivity index (χ3v) is 7.01. The maximum absolute atomic E-state index is 6.32. The normalized spacial score (nSPS) is 18.6. The van der Waals surface area contributed by atoms with Crippen LogP contribution >= 0.6 is 0 Å². The molecule has 3 heterocycles. The Kier molecular flexibility index (Phi) is 7.96. The molecule has 7 nitrogen and oxygen atoms in total. The number of rotatable bonds is 6. The van der Waals surface area contributed by atoms with Crippen molar-refractivity contribution in [2.45, 2.75) is 96.8 Å². The molecule has 7 heteroatoms. The molecule has 0 radical (unpaired) electrons. The molecule has 2 fully saturated rings. The van der Waals surface area contributed by atoms with Crippen LogP contribution in [0, 0.1) is 0 Å². The topological polar surface area (TPSA) is 72.4 Å². The highest BCUT2D eigenvalue weighted by molar-refractivity contribution is 5.40. The lowest BCUT2D eigenvalue weighted by Gasteiger charge is -2.34. The van der Waals surface area contributed by atoms with Crippen LogP contribution in [0.1, 0.15) is 83.9 Å². The molecule has 0 spiro atoms. The summed E-state index contributed by atoms with van der Waals surface area (Å²) in [5.41, 5.74) is 4.14. The van der Waals surface area contributed by atoms with Gasteiger partial charge >= 0.3 is 0 Å². The van der Waals surface area contributed by atoms with E-state index >= 15 is 0 Å². The summed E-state index contributed by atoms with van der Waals surface area (Å²) < 4.78 is 11.8. The summed E-state index contributed by atoms with van der Waals surface area (Å²) in [7, 11) is 0. The number of ether oxygens (including phenoxy) is 2. The average molecular weight is 482 g/mol. The van der Waals surface area contributed by atoms with Crippen LogP contribution in [0.4, 0.5) is 11.9 Å². The molecule has 0 unspecified atom stereocenters. The lowest BCUT2D eigenvalue weighted by Crippen LogP contribution is -2.40. The molecule has 0 amide bonds. The predicted molar refractivity (Wildman–Crippen MR) is 141 cm³/mol. The summed E-state index contributed by atoms with van der Waals surface area (Å²) in [6.45, 7) is 17.7. The molecule has 2 aliphatic heterocycles. The van der Waals surface area contributed by atoms with Gasteiger partial charge in [0.05, 0.1) is 12.2 Å². The van der Waals surface area contributed by atoms with Gasteiger partial charge in [-0.3, -0.25) is 0 Å². The van der Waals surface area contributed by atoms with Crippen LogP contribution in [-0.2, 0) is 26.8 Å². The Morgan fingerprint density at radius 3 is 2.09 bits per heavy atom. The van der Waals surface area contributed by atoms with E-state index in [-0.39, 0.29) is 10.8 Å². The maximum atomic E-state index is 6.32. The minimum Gasteiger partial charge on any atom is -0.381 e. The minimum absolute atomic E-state index is 0.0942. The predicted octanol–water partition coefficient (Wildman–Crippen LogP) is 5.24. The first kappa shape index (κ1) is 25.8. The van der Waals surface area contributed by atoms with E-state index in [0.29, 0.717) is 24.7 Å². The van der Waals surface area contributed by atoms with Gasteiger partial charge in [0, 0.05) is 32.8 Å². The van der Waals surface area contributed by atoms with Crippen LogP contribution in [0.3, 0.4) is 0 Å². The van der Waals surface area contributed by atoms with Crippen molar-refractivity contribution in [1.82, 2.24) is 15.0 Å². The van der Waals surface area contributed by atoms with Crippen molar-refractivity contribution >= 4 is 11.9 Å². The average Bonchev–Trinajstić information content (AvgIpc) is 2.83. The van der Waals surface area contributed by atoms with Crippen molar-refractivity contribution in [3.8, 4) is 0 Å². The Morgan fingerprint density at radius 1 is 0.886 bits per heavy atom. The van der Waals surface area contributed by atoms with Gasteiger partial charge in [-0.2, -0.15) is 4.98 Å². The molecule has 0 aliphatic carbocycles. The molecular formula is C28H43N5O2. The van der Waals surface area contributed by atoms with E-state index in [1.54, 1.807) is 6.33 Å². The van der Waals surface area contributed by atoms with E-state index in [4.69, 9.17) is 14.5 Å². The highest BCUT2D eigenvalue weighted by Gasteiger charge is 2.26. The quantitative estimate of drug-likeness (QED) is 0.605. The van der Waals surface area contributed by atoms with Crippen LogP contribution in [0.2, 0.25) is 0 Å².